The van der Waals surface area contributed by atoms with Crippen molar-refractivity contribution in [3.8, 4) is 5.75 Å². The van der Waals surface area contributed by atoms with Crippen molar-refractivity contribution in [2.75, 3.05) is 6.54 Å². The van der Waals surface area contributed by atoms with Crippen molar-refractivity contribution < 1.29 is 9.53 Å². The lowest BCUT2D eigenvalue weighted by atomic mass is 10.1. The van der Waals surface area contributed by atoms with Gasteiger partial charge in [-0.05, 0) is 56.2 Å². The number of nitrogens with one attached hydrogen (secondary N) is 1. The van der Waals surface area contributed by atoms with Gasteiger partial charge in [0, 0.05) is 17.5 Å². The molecular weight excluding hydrogens is 396 g/mol. The van der Waals surface area contributed by atoms with Gasteiger partial charge in [0.1, 0.15) is 18.2 Å². The topological polar surface area (TPSA) is 71.1 Å². The van der Waals surface area contributed by atoms with Crippen molar-refractivity contribution >= 4 is 28.3 Å². The van der Waals surface area contributed by atoms with Crippen LogP contribution in [0.15, 0.2) is 53.9 Å². The minimum absolute atomic E-state index is 0.0197. The van der Waals surface area contributed by atoms with Crippen LogP contribution in [-0.2, 0) is 6.61 Å². The second kappa shape index (κ2) is 7.91. The van der Waals surface area contributed by atoms with Crippen molar-refractivity contribution in [2.24, 2.45) is 0 Å². The smallest absolute Gasteiger partial charge is 0.254 e. The molecule has 1 saturated heterocycles. The van der Waals surface area contributed by atoms with Crippen LogP contribution in [-0.4, -0.2) is 32.3 Å². The zero-order chi connectivity index (χ0) is 20.5. The molecule has 0 bridgehead atoms. The zero-order valence-corrected chi connectivity index (χ0v) is 17.5. The summed E-state index contributed by atoms with van der Waals surface area (Å²) in [6.45, 7) is 3.14. The molecule has 0 spiro atoms. The fraction of sp³-hybridized carbons (Fsp3) is 0.261. The van der Waals surface area contributed by atoms with E-state index in [4.69, 9.17) is 9.72 Å². The number of aryl methyl sites for hydroxylation is 1. The van der Waals surface area contributed by atoms with Gasteiger partial charge in [-0.25, -0.2) is 9.97 Å². The molecule has 1 fully saturated rings. The molecule has 0 unspecified atom stereocenters. The Kier molecular flexibility index (Phi) is 4.96. The maximum Gasteiger partial charge on any atom is 0.254 e. The minimum Gasteiger partial charge on any atom is -0.487 e. The number of hydrogen-bond acceptors (Lipinski definition) is 5. The van der Waals surface area contributed by atoms with Gasteiger partial charge >= 0.3 is 0 Å². The Balaban J connectivity index is 1.29. The Labute approximate surface area is 178 Å². The van der Waals surface area contributed by atoms with Gasteiger partial charge in [-0.15, -0.1) is 11.3 Å². The molecule has 5 rings (SSSR count). The van der Waals surface area contributed by atoms with Crippen molar-refractivity contribution in [3.63, 3.8) is 0 Å². The van der Waals surface area contributed by atoms with Crippen LogP contribution in [0, 0.1) is 6.92 Å². The van der Waals surface area contributed by atoms with E-state index >= 15 is 0 Å². The van der Waals surface area contributed by atoms with Crippen LogP contribution >= 0.6 is 11.3 Å². The summed E-state index contributed by atoms with van der Waals surface area (Å²) in [6.07, 6.45) is 1.89. The van der Waals surface area contributed by atoms with Gasteiger partial charge in [0.2, 0.25) is 0 Å². The first-order valence-corrected chi connectivity index (χ1v) is 10.9. The van der Waals surface area contributed by atoms with Crippen molar-refractivity contribution in [3.05, 3.63) is 76.0 Å². The molecule has 7 heteroatoms. The van der Waals surface area contributed by atoms with Gasteiger partial charge in [0.15, 0.2) is 0 Å². The molecule has 1 aliphatic heterocycles. The first kappa shape index (κ1) is 18.8. The molecule has 2 aromatic heterocycles. The molecule has 0 aliphatic carbocycles. The van der Waals surface area contributed by atoms with E-state index in [-0.39, 0.29) is 11.9 Å². The second-order valence-electron chi connectivity index (χ2n) is 7.47. The SMILES string of the molecule is Cc1nc(COc2ccc(C(=O)N3CCC[C@H]3c3nc4ccccc4[nH]3)cc2)cs1. The van der Waals surface area contributed by atoms with Crippen LogP contribution in [0.3, 0.4) is 0 Å². The average Bonchev–Trinajstić information content (AvgIpc) is 3.50. The molecular formula is C23H22N4O2S. The van der Waals surface area contributed by atoms with E-state index in [1.54, 1.807) is 11.3 Å². The predicted molar refractivity (Wildman–Crippen MR) is 117 cm³/mol. The van der Waals surface area contributed by atoms with Gasteiger partial charge in [-0.1, -0.05) is 12.1 Å². The van der Waals surface area contributed by atoms with Crippen LogP contribution in [0.5, 0.6) is 5.75 Å². The number of aromatic amines is 1. The summed E-state index contributed by atoms with van der Waals surface area (Å²) in [5.41, 5.74) is 3.52. The average molecular weight is 419 g/mol. The zero-order valence-electron chi connectivity index (χ0n) is 16.7. The largest absolute Gasteiger partial charge is 0.487 e. The molecule has 0 saturated carbocycles. The van der Waals surface area contributed by atoms with Crippen LogP contribution in [0.1, 0.15) is 45.8 Å². The van der Waals surface area contributed by atoms with Crippen molar-refractivity contribution in [2.45, 2.75) is 32.4 Å². The third-order valence-electron chi connectivity index (χ3n) is 5.39. The third kappa shape index (κ3) is 3.68. The van der Waals surface area contributed by atoms with Crippen molar-refractivity contribution in [1.29, 1.82) is 0 Å². The molecule has 1 N–H and O–H groups in total. The number of ether oxygens (including phenoxy) is 1. The van der Waals surface area contributed by atoms with Crippen LogP contribution in [0.25, 0.3) is 11.0 Å². The number of fused-ring (bicyclic) bond motifs is 1. The second-order valence-corrected chi connectivity index (χ2v) is 8.53. The van der Waals surface area contributed by atoms with Gasteiger partial charge in [-0.2, -0.15) is 0 Å². The summed E-state index contributed by atoms with van der Waals surface area (Å²) >= 11 is 1.61. The Hall–Kier alpha value is -3.19. The van der Waals surface area contributed by atoms with Crippen LogP contribution in [0.2, 0.25) is 0 Å². The highest BCUT2D eigenvalue weighted by atomic mass is 32.1. The Morgan fingerprint density at radius 1 is 1.20 bits per heavy atom. The number of H-pyrrole nitrogens is 1. The highest BCUT2D eigenvalue weighted by Gasteiger charge is 2.32. The van der Waals surface area contributed by atoms with Crippen LogP contribution in [0.4, 0.5) is 0 Å². The fourth-order valence-electron chi connectivity index (χ4n) is 3.92. The number of imidazole rings is 1. The lowest BCUT2D eigenvalue weighted by Gasteiger charge is -2.23. The number of hydrogen-bond donors (Lipinski definition) is 1. The highest BCUT2D eigenvalue weighted by Crippen LogP contribution is 2.33. The normalized spacial score (nSPS) is 16.3. The number of para-hydroxylation sites is 2. The molecule has 30 heavy (non-hydrogen) atoms. The lowest BCUT2D eigenvalue weighted by Crippen LogP contribution is -2.31. The number of likely N-dealkylation sites (tertiary alicyclic amines) is 1. The molecule has 2 aromatic carbocycles. The summed E-state index contributed by atoms with van der Waals surface area (Å²) in [7, 11) is 0. The molecule has 0 radical (unpaired) electrons. The van der Waals surface area contributed by atoms with Gasteiger partial charge in [0.25, 0.3) is 5.91 Å². The number of benzene rings is 2. The number of carbonyl (C=O) groups is 1. The van der Waals surface area contributed by atoms with Crippen molar-refractivity contribution in [1.82, 2.24) is 19.9 Å². The minimum atomic E-state index is -0.0197. The maximum atomic E-state index is 13.2. The number of rotatable bonds is 5. The predicted octanol–water partition coefficient (Wildman–Crippen LogP) is 4.88. The molecule has 6 nitrogen and oxygen atoms in total. The summed E-state index contributed by atoms with van der Waals surface area (Å²) in [5.74, 6) is 1.62. The van der Waals surface area contributed by atoms with E-state index < -0.39 is 0 Å². The molecule has 1 atom stereocenters. The summed E-state index contributed by atoms with van der Waals surface area (Å²) in [5, 5.41) is 3.03. The van der Waals surface area contributed by atoms with E-state index in [0.717, 1.165) is 52.7 Å². The van der Waals surface area contributed by atoms with E-state index in [1.807, 2.05) is 65.7 Å². The molecule has 152 valence electrons. The number of amides is 1. The number of nitrogens with zero attached hydrogens (tertiary/aromatic N) is 3. The van der Waals surface area contributed by atoms with Gasteiger partial charge in [0.05, 0.1) is 27.8 Å². The standard InChI is InChI=1S/C23H22N4O2S/c1-15-24-17(14-30-15)13-29-18-10-8-16(9-11-18)23(28)27-12-4-7-21(27)22-25-19-5-2-3-6-20(19)26-22/h2-3,5-6,8-11,14,21H,4,7,12-13H2,1H3,(H,25,26)/t21-/m0/s1. The summed E-state index contributed by atoms with van der Waals surface area (Å²) in [6, 6.07) is 15.3. The summed E-state index contributed by atoms with van der Waals surface area (Å²) in [4.78, 5) is 27.6. The van der Waals surface area contributed by atoms with E-state index in [9.17, 15) is 4.79 Å². The highest BCUT2D eigenvalue weighted by molar-refractivity contribution is 7.09. The van der Waals surface area contributed by atoms with E-state index in [0.29, 0.717) is 12.2 Å². The lowest BCUT2D eigenvalue weighted by molar-refractivity contribution is 0.0730. The monoisotopic (exact) mass is 418 g/mol. The molecule has 1 amide bonds. The van der Waals surface area contributed by atoms with Gasteiger partial charge in [-0.3, -0.25) is 4.79 Å². The molecule has 3 heterocycles. The first-order chi connectivity index (χ1) is 14.7. The number of carbonyl (C=O) groups excluding carboxylic acids is 1. The third-order valence-corrected chi connectivity index (χ3v) is 6.21. The maximum absolute atomic E-state index is 13.2. The molecule has 1 aliphatic rings. The Morgan fingerprint density at radius 2 is 2.03 bits per heavy atom. The number of thiazole rings is 1. The van der Waals surface area contributed by atoms with E-state index in [2.05, 4.69) is 9.97 Å². The Morgan fingerprint density at radius 3 is 2.80 bits per heavy atom. The molecule has 4 aromatic rings. The fourth-order valence-corrected chi connectivity index (χ4v) is 4.51. The van der Waals surface area contributed by atoms with Gasteiger partial charge < -0.3 is 14.6 Å². The van der Waals surface area contributed by atoms with Crippen LogP contribution < -0.4 is 4.74 Å². The quantitative estimate of drug-likeness (QED) is 0.501. The number of aromatic nitrogens is 3. The summed E-state index contributed by atoms with van der Waals surface area (Å²) < 4.78 is 5.79. The first-order valence-electron chi connectivity index (χ1n) is 10.1. The Bertz CT molecular complexity index is 1150. The van der Waals surface area contributed by atoms with E-state index in [1.165, 1.54) is 0 Å².